The van der Waals surface area contributed by atoms with Gasteiger partial charge in [-0.05, 0) is 31.9 Å². The smallest absolute Gasteiger partial charge is 0.342 e. The van der Waals surface area contributed by atoms with Crippen LogP contribution in [0.4, 0.5) is 4.79 Å². The molecule has 0 aromatic carbocycles. The van der Waals surface area contributed by atoms with Gasteiger partial charge in [0.05, 0.1) is 6.54 Å². The number of thiol groups is 1. The SMILES string of the molecule is CC(=O)NC(CCS)C(=O)NCCCCNC(=O)N=C1CNC(C)=CC(=O)N1. The first-order chi connectivity index (χ1) is 13.3. The number of hydrogen-bond acceptors (Lipinski definition) is 6. The van der Waals surface area contributed by atoms with Gasteiger partial charge in [-0.1, -0.05) is 0 Å². The highest BCUT2D eigenvalue weighted by Crippen LogP contribution is 1.96. The van der Waals surface area contributed by atoms with E-state index in [0.717, 1.165) is 0 Å². The van der Waals surface area contributed by atoms with Crippen LogP contribution < -0.4 is 26.6 Å². The van der Waals surface area contributed by atoms with Crippen LogP contribution >= 0.6 is 12.6 Å². The molecule has 0 saturated carbocycles. The van der Waals surface area contributed by atoms with Gasteiger partial charge in [-0.15, -0.1) is 0 Å². The first kappa shape index (κ1) is 23.5. The minimum absolute atomic E-state index is 0.246. The molecule has 5 N–H and O–H groups in total. The summed E-state index contributed by atoms with van der Waals surface area (Å²) in [6.07, 6.45) is 3.13. The zero-order valence-electron chi connectivity index (χ0n) is 16.1. The third-order valence-corrected chi connectivity index (χ3v) is 3.94. The quantitative estimate of drug-likeness (QED) is 0.222. The molecule has 0 spiro atoms. The van der Waals surface area contributed by atoms with Crippen molar-refractivity contribution in [1.29, 1.82) is 0 Å². The molecular formula is C17H28N6O4S. The Hall–Kier alpha value is -2.56. The largest absolute Gasteiger partial charge is 0.381 e. The van der Waals surface area contributed by atoms with Crippen molar-refractivity contribution in [2.45, 2.75) is 39.2 Å². The van der Waals surface area contributed by atoms with Crippen LogP contribution in [0.2, 0.25) is 0 Å². The average Bonchev–Trinajstić information content (AvgIpc) is 2.76. The van der Waals surface area contributed by atoms with Gasteiger partial charge in [-0.3, -0.25) is 14.4 Å². The maximum absolute atomic E-state index is 12.0. The highest BCUT2D eigenvalue weighted by Gasteiger charge is 2.17. The lowest BCUT2D eigenvalue weighted by Crippen LogP contribution is -2.46. The molecule has 0 aromatic heterocycles. The van der Waals surface area contributed by atoms with E-state index in [-0.39, 0.29) is 30.1 Å². The first-order valence-corrected chi connectivity index (χ1v) is 9.69. The normalized spacial score (nSPS) is 16.2. The Labute approximate surface area is 169 Å². The molecule has 5 amide bonds. The van der Waals surface area contributed by atoms with E-state index in [0.29, 0.717) is 43.8 Å². The van der Waals surface area contributed by atoms with Crippen LogP contribution in [0.3, 0.4) is 0 Å². The molecule has 0 aromatic rings. The topological polar surface area (TPSA) is 141 Å². The van der Waals surface area contributed by atoms with E-state index in [1.54, 1.807) is 6.92 Å². The lowest BCUT2D eigenvalue weighted by molar-refractivity contribution is -0.128. The summed E-state index contributed by atoms with van der Waals surface area (Å²) in [4.78, 5) is 50.3. The number of carbonyl (C=O) groups excluding carboxylic acids is 4. The molecule has 10 nitrogen and oxygen atoms in total. The molecule has 156 valence electrons. The number of nitrogens with one attached hydrogen (secondary N) is 5. The summed E-state index contributed by atoms with van der Waals surface area (Å²) < 4.78 is 0. The average molecular weight is 413 g/mol. The van der Waals surface area contributed by atoms with E-state index in [9.17, 15) is 19.2 Å². The van der Waals surface area contributed by atoms with Crippen molar-refractivity contribution in [3.63, 3.8) is 0 Å². The van der Waals surface area contributed by atoms with Gasteiger partial charge < -0.3 is 26.6 Å². The monoisotopic (exact) mass is 412 g/mol. The molecular weight excluding hydrogens is 384 g/mol. The maximum Gasteiger partial charge on any atom is 0.342 e. The summed E-state index contributed by atoms with van der Waals surface area (Å²) in [5.41, 5.74) is 0.695. The summed E-state index contributed by atoms with van der Waals surface area (Å²) in [5, 5.41) is 13.4. The lowest BCUT2D eigenvalue weighted by atomic mass is 10.2. The molecule has 1 rings (SSSR count). The maximum atomic E-state index is 12.0. The van der Waals surface area contributed by atoms with E-state index >= 15 is 0 Å². The minimum atomic E-state index is -0.591. The molecule has 1 heterocycles. The van der Waals surface area contributed by atoms with Gasteiger partial charge in [0.1, 0.15) is 11.9 Å². The zero-order valence-corrected chi connectivity index (χ0v) is 17.0. The summed E-state index contributed by atoms with van der Waals surface area (Å²) in [6, 6.07) is -1.13. The zero-order chi connectivity index (χ0) is 20.9. The lowest BCUT2D eigenvalue weighted by Gasteiger charge is -2.16. The number of allylic oxidation sites excluding steroid dienone is 1. The van der Waals surface area contributed by atoms with Crippen molar-refractivity contribution >= 4 is 42.2 Å². The highest BCUT2D eigenvalue weighted by atomic mass is 32.1. The van der Waals surface area contributed by atoms with Crippen molar-refractivity contribution in [3.05, 3.63) is 11.8 Å². The molecule has 0 saturated heterocycles. The molecule has 0 aliphatic carbocycles. The number of aliphatic imine (C=N–C) groups is 1. The fraction of sp³-hybridized carbons (Fsp3) is 0.588. The van der Waals surface area contributed by atoms with Crippen LogP contribution in [-0.2, 0) is 14.4 Å². The number of amides is 5. The Balaban J connectivity index is 2.23. The van der Waals surface area contributed by atoms with Gasteiger partial charge in [0, 0.05) is 31.8 Å². The Morgan fingerprint density at radius 1 is 1.25 bits per heavy atom. The molecule has 28 heavy (non-hydrogen) atoms. The summed E-state index contributed by atoms with van der Waals surface area (Å²) >= 11 is 4.08. The summed E-state index contributed by atoms with van der Waals surface area (Å²) in [7, 11) is 0. The standard InChI is InChI=1S/C17H28N6O4S/c1-11-9-15(25)22-14(10-20-11)23-17(27)19-7-4-3-6-18-16(26)13(5-8-28)21-12(2)24/h9,13,20,28H,3-8,10H2,1-2H3,(H,18,26)(H,21,24)(H2,19,22,23,25,27). The van der Waals surface area contributed by atoms with Gasteiger partial charge in [-0.25, -0.2) is 4.79 Å². The van der Waals surface area contributed by atoms with Gasteiger partial charge in [-0.2, -0.15) is 17.6 Å². The van der Waals surface area contributed by atoms with Gasteiger partial charge in [0.25, 0.3) is 5.91 Å². The molecule has 0 radical (unpaired) electrons. The van der Waals surface area contributed by atoms with Crippen LogP contribution in [0.25, 0.3) is 0 Å². The highest BCUT2D eigenvalue weighted by molar-refractivity contribution is 7.80. The predicted molar refractivity (Wildman–Crippen MR) is 109 cm³/mol. The second kappa shape index (κ2) is 12.8. The number of amidine groups is 1. The number of nitrogens with zero attached hydrogens (tertiary/aromatic N) is 1. The van der Waals surface area contributed by atoms with E-state index in [1.165, 1.54) is 13.0 Å². The van der Waals surface area contributed by atoms with Crippen LogP contribution in [0.5, 0.6) is 0 Å². The molecule has 0 fully saturated rings. The van der Waals surface area contributed by atoms with Gasteiger partial charge in [0.2, 0.25) is 11.8 Å². The molecule has 0 bridgehead atoms. The van der Waals surface area contributed by atoms with E-state index < -0.39 is 12.1 Å². The van der Waals surface area contributed by atoms with E-state index in [1.807, 2.05) is 0 Å². The Kier molecular flexibility index (Phi) is 10.7. The fourth-order valence-corrected chi connectivity index (χ4v) is 2.60. The van der Waals surface area contributed by atoms with Crippen molar-refractivity contribution in [1.82, 2.24) is 26.6 Å². The number of hydrogen-bond donors (Lipinski definition) is 6. The molecule has 1 aliphatic rings. The third kappa shape index (κ3) is 9.95. The van der Waals surface area contributed by atoms with E-state index in [4.69, 9.17) is 0 Å². The molecule has 1 aliphatic heterocycles. The molecule has 1 atom stereocenters. The Bertz CT molecular complexity index is 650. The fourth-order valence-electron chi connectivity index (χ4n) is 2.35. The second-order valence-corrected chi connectivity index (χ2v) is 6.67. The number of urea groups is 1. The van der Waals surface area contributed by atoms with E-state index in [2.05, 4.69) is 44.2 Å². The van der Waals surface area contributed by atoms with Crippen LogP contribution in [0.15, 0.2) is 16.8 Å². The van der Waals surface area contributed by atoms with Crippen molar-refractivity contribution in [2.24, 2.45) is 4.99 Å². The minimum Gasteiger partial charge on any atom is -0.381 e. The van der Waals surface area contributed by atoms with Crippen LogP contribution in [-0.4, -0.2) is 61.0 Å². The van der Waals surface area contributed by atoms with Crippen molar-refractivity contribution in [3.8, 4) is 0 Å². The van der Waals surface area contributed by atoms with Crippen LogP contribution in [0.1, 0.15) is 33.1 Å². The van der Waals surface area contributed by atoms with Crippen LogP contribution in [0, 0.1) is 0 Å². The van der Waals surface area contributed by atoms with Gasteiger partial charge in [0.15, 0.2) is 0 Å². The van der Waals surface area contributed by atoms with Crippen molar-refractivity contribution < 1.29 is 19.2 Å². The Morgan fingerprint density at radius 2 is 1.93 bits per heavy atom. The molecule has 11 heteroatoms. The van der Waals surface area contributed by atoms with Crippen molar-refractivity contribution in [2.75, 3.05) is 25.4 Å². The number of carbonyl (C=O) groups is 4. The van der Waals surface area contributed by atoms with Gasteiger partial charge >= 0.3 is 6.03 Å². The Morgan fingerprint density at radius 3 is 2.57 bits per heavy atom. The first-order valence-electron chi connectivity index (χ1n) is 9.06. The summed E-state index contributed by atoms with van der Waals surface area (Å²) in [6.45, 7) is 4.18. The third-order valence-electron chi connectivity index (χ3n) is 3.68. The number of rotatable bonds is 9. The predicted octanol–water partition coefficient (Wildman–Crippen LogP) is -0.561. The number of unbranched alkanes of at least 4 members (excludes halogenated alkanes) is 1. The molecule has 1 unspecified atom stereocenters. The summed E-state index contributed by atoms with van der Waals surface area (Å²) in [5.74, 6) is -0.118. The second-order valence-electron chi connectivity index (χ2n) is 6.22.